The van der Waals surface area contributed by atoms with Gasteiger partial charge in [0.2, 0.25) is 0 Å². The molecule has 2 N–H and O–H groups in total. The number of H-pyrrole nitrogens is 1. The van der Waals surface area contributed by atoms with Crippen molar-refractivity contribution < 1.29 is 23.0 Å². The van der Waals surface area contributed by atoms with Crippen LogP contribution >= 0.6 is 0 Å². The quantitative estimate of drug-likeness (QED) is 0.338. The van der Waals surface area contributed by atoms with Crippen LogP contribution in [0, 0.1) is 0 Å². The molecule has 4 aromatic rings. The van der Waals surface area contributed by atoms with Crippen LogP contribution in [0.5, 0.6) is 5.75 Å². The Labute approximate surface area is 183 Å². The zero-order chi connectivity index (χ0) is 22.7. The Morgan fingerprint density at radius 2 is 1.78 bits per heavy atom. The molecule has 1 heterocycles. The zero-order valence-electron chi connectivity index (χ0n) is 17.5. The Bertz CT molecular complexity index is 1200. The third kappa shape index (κ3) is 4.78. The number of ether oxygens (including phenoxy) is 1. The van der Waals surface area contributed by atoms with Crippen LogP contribution in [0.4, 0.5) is 13.2 Å². The molecule has 0 fully saturated rings. The summed E-state index contributed by atoms with van der Waals surface area (Å²) < 4.78 is 43.6. The summed E-state index contributed by atoms with van der Waals surface area (Å²) in [7, 11) is 0. The van der Waals surface area contributed by atoms with Crippen molar-refractivity contribution in [2.75, 3.05) is 0 Å². The fourth-order valence-electron chi connectivity index (χ4n) is 3.67. The number of aromatic amines is 1. The molecule has 0 aliphatic rings. The minimum atomic E-state index is -4.37. The summed E-state index contributed by atoms with van der Waals surface area (Å²) in [5.41, 5.74) is 3.67. The van der Waals surface area contributed by atoms with Gasteiger partial charge in [0.15, 0.2) is 0 Å². The monoisotopic (exact) mass is 440 g/mol. The molecular formula is C25H23F3N2O2. The van der Waals surface area contributed by atoms with Gasteiger partial charge in [-0.3, -0.25) is 0 Å². The van der Waals surface area contributed by atoms with E-state index in [1.54, 1.807) is 0 Å². The molecule has 0 aliphatic heterocycles. The first-order chi connectivity index (χ1) is 15.3. The van der Waals surface area contributed by atoms with E-state index >= 15 is 0 Å². The number of halogens is 3. The molecule has 1 unspecified atom stereocenters. The maximum Gasteiger partial charge on any atom is 0.416 e. The number of nitrogens with one attached hydrogen (secondary N) is 1. The van der Waals surface area contributed by atoms with E-state index in [1.165, 1.54) is 12.1 Å². The van der Waals surface area contributed by atoms with Crippen molar-refractivity contribution in [1.29, 1.82) is 0 Å². The Kier molecular flexibility index (Phi) is 6.19. The number of benzene rings is 3. The lowest BCUT2D eigenvalue weighted by Gasteiger charge is -2.15. The molecule has 7 heteroatoms. The molecule has 0 saturated carbocycles. The van der Waals surface area contributed by atoms with Gasteiger partial charge in [0.1, 0.15) is 18.2 Å². The second-order valence-electron chi connectivity index (χ2n) is 7.62. The van der Waals surface area contributed by atoms with Crippen LogP contribution in [-0.2, 0) is 12.8 Å². The number of aromatic nitrogens is 2. The van der Waals surface area contributed by atoms with E-state index in [2.05, 4.69) is 9.97 Å². The molecule has 166 valence electrons. The summed E-state index contributed by atoms with van der Waals surface area (Å²) in [6.07, 6.45) is -3.33. The van der Waals surface area contributed by atoms with Gasteiger partial charge in [0, 0.05) is 0 Å². The van der Waals surface area contributed by atoms with Crippen molar-refractivity contribution in [1.82, 2.24) is 9.97 Å². The number of nitrogens with zero attached hydrogens (tertiary/aromatic N) is 1. The van der Waals surface area contributed by atoms with Gasteiger partial charge in [-0.2, -0.15) is 13.2 Å². The first kappa shape index (κ1) is 21.9. The highest BCUT2D eigenvalue weighted by atomic mass is 19.4. The molecule has 0 radical (unpaired) electrons. The van der Waals surface area contributed by atoms with Gasteiger partial charge in [0.25, 0.3) is 0 Å². The average molecular weight is 440 g/mol. The topological polar surface area (TPSA) is 58.1 Å². The number of hydrogen-bond acceptors (Lipinski definition) is 3. The highest BCUT2D eigenvalue weighted by Crippen LogP contribution is 2.32. The summed E-state index contributed by atoms with van der Waals surface area (Å²) in [4.78, 5) is 7.70. The Balaban J connectivity index is 1.53. The van der Waals surface area contributed by atoms with Crippen molar-refractivity contribution in [2.24, 2.45) is 0 Å². The second kappa shape index (κ2) is 9.04. The van der Waals surface area contributed by atoms with Crippen LogP contribution in [-0.4, -0.2) is 15.1 Å². The summed E-state index contributed by atoms with van der Waals surface area (Å²) >= 11 is 0. The van der Waals surface area contributed by atoms with Crippen LogP contribution in [0.15, 0.2) is 66.7 Å². The van der Waals surface area contributed by atoms with Crippen LogP contribution in [0.2, 0.25) is 0 Å². The predicted molar refractivity (Wildman–Crippen MR) is 117 cm³/mol. The Morgan fingerprint density at radius 3 is 2.50 bits per heavy atom. The molecule has 0 amide bonds. The van der Waals surface area contributed by atoms with Crippen LogP contribution in [0.1, 0.15) is 42.8 Å². The summed E-state index contributed by atoms with van der Waals surface area (Å²) in [6, 6.07) is 18.2. The van der Waals surface area contributed by atoms with Gasteiger partial charge in [-0.15, -0.1) is 0 Å². The van der Waals surface area contributed by atoms with Crippen molar-refractivity contribution in [3.05, 3.63) is 83.7 Å². The van der Waals surface area contributed by atoms with Crippen molar-refractivity contribution in [2.45, 2.75) is 38.7 Å². The first-order valence-corrected chi connectivity index (χ1v) is 10.4. The molecule has 1 atom stereocenters. The average Bonchev–Trinajstić information content (AvgIpc) is 3.20. The third-order valence-electron chi connectivity index (χ3n) is 5.28. The molecular weight excluding hydrogens is 417 g/mol. The van der Waals surface area contributed by atoms with E-state index in [0.29, 0.717) is 18.0 Å². The number of fused-ring (bicyclic) bond motifs is 1. The molecule has 4 nitrogen and oxygen atoms in total. The lowest BCUT2D eigenvalue weighted by Crippen LogP contribution is -2.04. The number of rotatable bonds is 7. The summed E-state index contributed by atoms with van der Waals surface area (Å²) in [5.74, 6) is 0.898. The maximum atomic E-state index is 12.7. The van der Waals surface area contributed by atoms with Gasteiger partial charge in [0.05, 0.1) is 22.7 Å². The Morgan fingerprint density at radius 1 is 1.03 bits per heavy atom. The van der Waals surface area contributed by atoms with Crippen LogP contribution in [0.3, 0.4) is 0 Å². The number of aliphatic hydroxyl groups is 1. The first-order valence-electron chi connectivity index (χ1n) is 10.4. The van der Waals surface area contributed by atoms with Gasteiger partial charge in [-0.1, -0.05) is 43.7 Å². The van der Waals surface area contributed by atoms with Gasteiger partial charge in [-0.05, 0) is 59.5 Å². The van der Waals surface area contributed by atoms with Crippen LogP contribution in [0.25, 0.3) is 22.2 Å². The smallest absolute Gasteiger partial charge is 0.416 e. The highest BCUT2D eigenvalue weighted by Gasteiger charge is 2.30. The number of imidazole rings is 1. The van der Waals surface area contributed by atoms with Gasteiger partial charge < -0.3 is 14.8 Å². The van der Waals surface area contributed by atoms with E-state index in [0.717, 1.165) is 46.3 Å². The van der Waals surface area contributed by atoms with Crippen LogP contribution < -0.4 is 4.74 Å². The third-order valence-corrected chi connectivity index (χ3v) is 5.28. The molecule has 0 saturated heterocycles. The molecule has 3 aromatic carbocycles. The van der Waals surface area contributed by atoms with E-state index in [4.69, 9.17) is 4.74 Å². The SMILES string of the molecule is CCCC(O)c1ccccc1-c1ccc2nc(COc3ccc(C(F)(F)F)cc3)[nH]c2c1. The molecule has 4 rings (SSSR count). The standard InChI is InChI=1S/C25H23F3N2O2/c1-2-5-23(31)20-7-4-3-6-19(20)16-8-13-21-22(14-16)30-24(29-21)15-32-18-11-9-17(10-12-18)25(26,27)28/h3-4,6-14,23,31H,2,5,15H2,1H3,(H,29,30). The van der Waals surface area contributed by atoms with Gasteiger partial charge >= 0.3 is 6.18 Å². The fraction of sp³-hybridized carbons (Fsp3) is 0.240. The van der Waals surface area contributed by atoms with E-state index < -0.39 is 17.8 Å². The van der Waals surface area contributed by atoms with E-state index in [9.17, 15) is 18.3 Å². The minimum absolute atomic E-state index is 0.0984. The van der Waals surface area contributed by atoms with Crippen molar-refractivity contribution in [3.63, 3.8) is 0 Å². The van der Waals surface area contributed by atoms with Crippen molar-refractivity contribution >= 4 is 11.0 Å². The second-order valence-corrected chi connectivity index (χ2v) is 7.62. The molecule has 0 bridgehead atoms. The number of hydrogen-bond donors (Lipinski definition) is 2. The number of alkyl halides is 3. The number of aliphatic hydroxyl groups excluding tert-OH is 1. The lowest BCUT2D eigenvalue weighted by atomic mass is 9.94. The molecule has 32 heavy (non-hydrogen) atoms. The van der Waals surface area contributed by atoms with E-state index in [-0.39, 0.29) is 6.61 Å². The molecule has 1 aromatic heterocycles. The van der Waals surface area contributed by atoms with Crippen molar-refractivity contribution in [3.8, 4) is 16.9 Å². The predicted octanol–water partition coefficient (Wildman–Crippen LogP) is 6.66. The zero-order valence-corrected chi connectivity index (χ0v) is 17.5. The summed E-state index contributed by atoms with van der Waals surface area (Å²) in [6.45, 7) is 2.14. The lowest BCUT2D eigenvalue weighted by molar-refractivity contribution is -0.137. The summed E-state index contributed by atoms with van der Waals surface area (Å²) in [5, 5.41) is 10.5. The Hall–Kier alpha value is -3.32. The normalized spacial score (nSPS) is 12.8. The largest absolute Gasteiger partial charge is 0.486 e. The van der Waals surface area contributed by atoms with Gasteiger partial charge in [-0.25, -0.2) is 4.98 Å². The molecule has 0 spiro atoms. The minimum Gasteiger partial charge on any atom is -0.486 e. The molecule has 0 aliphatic carbocycles. The highest BCUT2D eigenvalue weighted by molar-refractivity contribution is 5.83. The van der Waals surface area contributed by atoms with E-state index in [1.807, 2.05) is 49.4 Å². The fourth-order valence-corrected chi connectivity index (χ4v) is 3.67. The maximum absolute atomic E-state index is 12.7.